The lowest BCUT2D eigenvalue weighted by atomic mass is 9.95. The Hall–Kier alpha value is -2.28. The van der Waals surface area contributed by atoms with Crippen LogP contribution in [0.25, 0.3) is 0 Å². The molecule has 0 saturated carbocycles. The van der Waals surface area contributed by atoms with Gasteiger partial charge in [0.15, 0.2) is 11.5 Å². The largest absolute Gasteiger partial charge is 0.490 e. The van der Waals surface area contributed by atoms with Gasteiger partial charge < -0.3 is 24.4 Å². The Labute approximate surface area is 148 Å². The number of para-hydroxylation sites is 1. The van der Waals surface area contributed by atoms with Crippen molar-refractivity contribution in [1.82, 2.24) is 9.80 Å². The fourth-order valence-corrected chi connectivity index (χ4v) is 2.83. The van der Waals surface area contributed by atoms with Crippen LogP contribution in [0.1, 0.15) is 12.5 Å². The molecule has 0 radical (unpaired) electrons. The minimum atomic E-state index is -1.01. The predicted molar refractivity (Wildman–Crippen MR) is 93.1 cm³/mol. The molecule has 138 valence electrons. The van der Waals surface area contributed by atoms with E-state index in [1.54, 1.807) is 0 Å². The standard InChI is InChI=1S/C18H26N2O5/c1-4-24-15-7-5-6-13-10-14(12-25-17(13)15)18(23)20(11-16(21)22)9-8-19(2)3/h5-7,14H,4,8-12H2,1-3H3,(H,21,22)/t14-/m0/s1. The van der Waals surface area contributed by atoms with Crippen LogP contribution >= 0.6 is 0 Å². The molecule has 0 unspecified atom stereocenters. The van der Waals surface area contributed by atoms with E-state index >= 15 is 0 Å². The third-order valence-electron chi connectivity index (χ3n) is 4.06. The Kier molecular flexibility index (Phi) is 6.64. The van der Waals surface area contributed by atoms with E-state index in [1.807, 2.05) is 44.1 Å². The van der Waals surface area contributed by atoms with Gasteiger partial charge in [0, 0.05) is 13.1 Å². The van der Waals surface area contributed by atoms with Crippen LogP contribution in [0.15, 0.2) is 18.2 Å². The Morgan fingerprint density at radius 1 is 1.32 bits per heavy atom. The topological polar surface area (TPSA) is 79.3 Å². The zero-order valence-electron chi connectivity index (χ0n) is 15.0. The van der Waals surface area contributed by atoms with Crippen molar-refractivity contribution in [2.24, 2.45) is 5.92 Å². The summed E-state index contributed by atoms with van der Waals surface area (Å²) in [5.74, 6) is -0.210. The zero-order valence-corrected chi connectivity index (χ0v) is 15.0. The summed E-state index contributed by atoms with van der Waals surface area (Å²) in [4.78, 5) is 27.2. The van der Waals surface area contributed by atoms with Crippen molar-refractivity contribution < 1.29 is 24.2 Å². The summed E-state index contributed by atoms with van der Waals surface area (Å²) in [5, 5.41) is 9.09. The molecule has 2 rings (SSSR count). The third kappa shape index (κ3) is 5.09. The molecule has 0 aromatic heterocycles. The summed E-state index contributed by atoms with van der Waals surface area (Å²) in [6.07, 6.45) is 0.521. The fraction of sp³-hybridized carbons (Fsp3) is 0.556. The number of aliphatic carboxylic acids is 1. The van der Waals surface area contributed by atoms with E-state index in [0.717, 1.165) is 5.56 Å². The lowest BCUT2D eigenvalue weighted by molar-refractivity contribution is -0.147. The second kappa shape index (κ2) is 8.71. The van der Waals surface area contributed by atoms with Crippen LogP contribution in [-0.2, 0) is 16.0 Å². The first-order valence-corrected chi connectivity index (χ1v) is 8.45. The van der Waals surface area contributed by atoms with E-state index < -0.39 is 5.97 Å². The van der Waals surface area contributed by atoms with Gasteiger partial charge >= 0.3 is 5.97 Å². The first kappa shape index (κ1) is 19.1. The first-order valence-electron chi connectivity index (χ1n) is 8.45. The Morgan fingerprint density at radius 3 is 2.72 bits per heavy atom. The number of hydrogen-bond acceptors (Lipinski definition) is 5. The molecule has 25 heavy (non-hydrogen) atoms. The van der Waals surface area contributed by atoms with Gasteiger partial charge in [0.2, 0.25) is 5.91 Å². The van der Waals surface area contributed by atoms with Gasteiger partial charge in [-0.2, -0.15) is 0 Å². The molecule has 1 aliphatic heterocycles. The summed E-state index contributed by atoms with van der Waals surface area (Å²) in [6, 6.07) is 5.64. The van der Waals surface area contributed by atoms with Crippen LogP contribution in [-0.4, -0.2) is 73.7 Å². The summed E-state index contributed by atoms with van der Waals surface area (Å²) in [5.41, 5.74) is 0.915. The van der Waals surface area contributed by atoms with Gasteiger partial charge in [0.1, 0.15) is 13.2 Å². The Balaban J connectivity index is 2.11. The second-order valence-electron chi connectivity index (χ2n) is 6.35. The predicted octanol–water partition coefficient (Wildman–Crippen LogP) is 1.11. The molecule has 1 aromatic carbocycles. The lowest BCUT2D eigenvalue weighted by Gasteiger charge is -2.30. The lowest BCUT2D eigenvalue weighted by Crippen LogP contribution is -2.45. The molecule has 1 atom stereocenters. The van der Waals surface area contributed by atoms with Crippen LogP contribution in [0, 0.1) is 5.92 Å². The average Bonchev–Trinajstić information content (AvgIpc) is 2.57. The number of carboxylic acid groups (broad SMARTS) is 1. The summed E-state index contributed by atoms with van der Waals surface area (Å²) in [7, 11) is 3.78. The summed E-state index contributed by atoms with van der Waals surface area (Å²) >= 11 is 0. The number of nitrogens with zero attached hydrogens (tertiary/aromatic N) is 2. The Bertz CT molecular complexity index is 617. The molecule has 1 amide bonds. The number of fused-ring (bicyclic) bond motifs is 1. The molecule has 0 aliphatic carbocycles. The molecule has 1 aromatic rings. The number of rotatable bonds is 8. The van der Waals surface area contributed by atoms with Gasteiger partial charge in [-0.3, -0.25) is 9.59 Å². The van der Waals surface area contributed by atoms with E-state index in [2.05, 4.69) is 0 Å². The first-order chi connectivity index (χ1) is 11.9. The van der Waals surface area contributed by atoms with Crippen LogP contribution in [0.5, 0.6) is 11.5 Å². The number of carbonyl (C=O) groups excluding carboxylic acids is 1. The van der Waals surface area contributed by atoms with Gasteiger partial charge in [-0.1, -0.05) is 12.1 Å². The SMILES string of the molecule is CCOc1cccc2c1OC[C@@H](C(=O)N(CCN(C)C)CC(=O)O)C2. The highest BCUT2D eigenvalue weighted by Gasteiger charge is 2.31. The van der Waals surface area contributed by atoms with E-state index in [0.29, 0.717) is 37.6 Å². The minimum absolute atomic E-state index is 0.184. The van der Waals surface area contributed by atoms with E-state index in [1.165, 1.54) is 4.90 Å². The molecule has 0 spiro atoms. The zero-order chi connectivity index (χ0) is 18.4. The molecule has 1 heterocycles. The monoisotopic (exact) mass is 350 g/mol. The molecule has 7 nitrogen and oxygen atoms in total. The van der Waals surface area contributed by atoms with E-state index in [-0.39, 0.29) is 25.0 Å². The van der Waals surface area contributed by atoms with Crippen molar-refractivity contribution >= 4 is 11.9 Å². The van der Waals surface area contributed by atoms with Gasteiger partial charge in [-0.05, 0) is 39.1 Å². The van der Waals surface area contributed by atoms with Crippen molar-refractivity contribution in [3.63, 3.8) is 0 Å². The summed E-state index contributed by atoms with van der Waals surface area (Å²) in [6.45, 7) is 3.36. The van der Waals surface area contributed by atoms with Crippen molar-refractivity contribution in [3.8, 4) is 11.5 Å². The average molecular weight is 350 g/mol. The number of likely N-dealkylation sites (N-methyl/N-ethyl adjacent to an activating group) is 1. The minimum Gasteiger partial charge on any atom is -0.490 e. The highest BCUT2D eigenvalue weighted by atomic mass is 16.5. The highest BCUT2D eigenvalue weighted by molar-refractivity contribution is 5.83. The highest BCUT2D eigenvalue weighted by Crippen LogP contribution is 2.36. The van der Waals surface area contributed by atoms with Crippen molar-refractivity contribution in [2.75, 3.05) is 46.9 Å². The second-order valence-corrected chi connectivity index (χ2v) is 6.35. The van der Waals surface area contributed by atoms with Crippen molar-refractivity contribution in [1.29, 1.82) is 0 Å². The molecule has 1 aliphatic rings. The number of amides is 1. The maximum Gasteiger partial charge on any atom is 0.323 e. The number of hydrogen-bond donors (Lipinski definition) is 1. The van der Waals surface area contributed by atoms with Gasteiger partial charge in [-0.25, -0.2) is 0 Å². The van der Waals surface area contributed by atoms with Crippen LogP contribution in [0.3, 0.4) is 0 Å². The maximum atomic E-state index is 12.8. The van der Waals surface area contributed by atoms with E-state index in [9.17, 15) is 9.59 Å². The van der Waals surface area contributed by atoms with Gasteiger partial charge in [-0.15, -0.1) is 0 Å². The number of benzene rings is 1. The van der Waals surface area contributed by atoms with Crippen molar-refractivity contribution in [3.05, 3.63) is 23.8 Å². The quantitative estimate of drug-likeness (QED) is 0.757. The number of carbonyl (C=O) groups is 2. The molecule has 0 bridgehead atoms. The smallest absolute Gasteiger partial charge is 0.323 e. The molecule has 7 heteroatoms. The normalized spacial score (nSPS) is 16.1. The molecule has 0 fully saturated rings. The molecule has 1 N–H and O–H groups in total. The maximum absolute atomic E-state index is 12.8. The van der Waals surface area contributed by atoms with Crippen molar-refractivity contribution in [2.45, 2.75) is 13.3 Å². The summed E-state index contributed by atoms with van der Waals surface area (Å²) < 4.78 is 11.4. The number of ether oxygens (including phenoxy) is 2. The third-order valence-corrected chi connectivity index (χ3v) is 4.06. The van der Waals surface area contributed by atoms with Crippen LogP contribution in [0.2, 0.25) is 0 Å². The van der Waals surface area contributed by atoms with Gasteiger partial charge in [0.05, 0.1) is 12.5 Å². The van der Waals surface area contributed by atoms with Gasteiger partial charge in [0.25, 0.3) is 0 Å². The van der Waals surface area contributed by atoms with Crippen LogP contribution < -0.4 is 9.47 Å². The van der Waals surface area contributed by atoms with E-state index in [4.69, 9.17) is 14.6 Å². The van der Waals surface area contributed by atoms with Crippen LogP contribution in [0.4, 0.5) is 0 Å². The fourth-order valence-electron chi connectivity index (χ4n) is 2.83. The molecular formula is C18H26N2O5. The Morgan fingerprint density at radius 2 is 2.08 bits per heavy atom. The molecular weight excluding hydrogens is 324 g/mol. The number of carboxylic acids is 1. The molecule has 0 saturated heterocycles.